The monoisotopic (exact) mass is 165 g/mol. The first-order valence-corrected chi connectivity index (χ1v) is 3.04. The SMILES string of the molecule is CC(C)OC(=O)C(Cl)=NO. The molecule has 0 fully saturated rings. The van der Waals surface area contributed by atoms with Crippen molar-refractivity contribution in [1.29, 1.82) is 0 Å². The lowest BCUT2D eigenvalue weighted by atomic mass is 10.5. The molecule has 1 N–H and O–H groups in total. The first kappa shape index (κ1) is 9.23. The van der Waals surface area contributed by atoms with Gasteiger partial charge < -0.3 is 9.94 Å². The molecule has 0 aromatic carbocycles. The number of hydrogen-bond acceptors (Lipinski definition) is 4. The summed E-state index contributed by atoms with van der Waals surface area (Å²) in [5.74, 6) is -0.820. The molecule has 0 aromatic rings. The first-order valence-electron chi connectivity index (χ1n) is 2.66. The quantitative estimate of drug-likeness (QED) is 0.287. The Hall–Kier alpha value is -0.770. The molecule has 10 heavy (non-hydrogen) atoms. The summed E-state index contributed by atoms with van der Waals surface area (Å²) >= 11 is 5.09. The van der Waals surface area contributed by atoms with Crippen molar-refractivity contribution in [1.82, 2.24) is 0 Å². The highest BCUT2D eigenvalue weighted by molar-refractivity contribution is 6.81. The van der Waals surface area contributed by atoms with Crippen molar-refractivity contribution in [2.45, 2.75) is 20.0 Å². The van der Waals surface area contributed by atoms with E-state index in [1.54, 1.807) is 13.8 Å². The average Bonchev–Trinajstić information content (AvgIpc) is 1.85. The Morgan fingerprint density at radius 1 is 1.70 bits per heavy atom. The summed E-state index contributed by atoms with van der Waals surface area (Å²) in [7, 11) is 0. The second kappa shape index (κ2) is 4.11. The number of hydrogen-bond donors (Lipinski definition) is 1. The smallest absolute Gasteiger partial charge is 0.372 e. The minimum absolute atomic E-state index is 0.261. The van der Waals surface area contributed by atoms with Crippen LogP contribution in [0.4, 0.5) is 0 Å². The van der Waals surface area contributed by atoms with Crippen molar-refractivity contribution < 1.29 is 14.7 Å². The van der Waals surface area contributed by atoms with Gasteiger partial charge in [0, 0.05) is 0 Å². The molecule has 0 spiro atoms. The van der Waals surface area contributed by atoms with Crippen LogP contribution in [0.5, 0.6) is 0 Å². The molecule has 0 heterocycles. The number of carbonyl (C=O) groups excluding carboxylic acids is 1. The van der Waals surface area contributed by atoms with Gasteiger partial charge in [-0.05, 0) is 13.8 Å². The zero-order valence-electron chi connectivity index (χ0n) is 5.67. The number of esters is 1. The van der Waals surface area contributed by atoms with Crippen LogP contribution in [-0.4, -0.2) is 22.5 Å². The Kier molecular flexibility index (Phi) is 3.79. The number of nitrogens with zero attached hydrogens (tertiary/aromatic N) is 1. The average molecular weight is 166 g/mol. The van der Waals surface area contributed by atoms with E-state index in [2.05, 4.69) is 9.89 Å². The van der Waals surface area contributed by atoms with Crippen LogP contribution >= 0.6 is 11.6 Å². The molecule has 5 heteroatoms. The van der Waals surface area contributed by atoms with Crippen LogP contribution < -0.4 is 0 Å². The van der Waals surface area contributed by atoms with E-state index in [1.165, 1.54) is 0 Å². The molecular formula is C5H8ClNO3. The van der Waals surface area contributed by atoms with Gasteiger partial charge in [-0.2, -0.15) is 0 Å². The molecule has 0 radical (unpaired) electrons. The minimum Gasteiger partial charge on any atom is -0.457 e. The van der Waals surface area contributed by atoms with Crippen LogP contribution in [-0.2, 0) is 9.53 Å². The predicted octanol–water partition coefficient (Wildman–Crippen LogP) is 0.964. The van der Waals surface area contributed by atoms with Crippen molar-refractivity contribution in [2.24, 2.45) is 5.16 Å². The third-order valence-corrected chi connectivity index (χ3v) is 0.829. The predicted molar refractivity (Wildman–Crippen MR) is 36.3 cm³/mol. The molecule has 0 aliphatic heterocycles. The third-order valence-electron chi connectivity index (χ3n) is 0.599. The second-order valence-electron chi connectivity index (χ2n) is 1.84. The van der Waals surface area contributed by atoms with Gasteiger partial charge in [0.05, 0.1) is 6.10 Å². The van der Waals surface area contributed by atoms with Crippen molar-refractivity contribution in [3.8, 4) is 0 Å². The molecule has 0 aliphatic carbocycles. The topological polar surface area (TPSA) is 58.9 Å². The fourth-order valence-corrected chi connectivity index (χ4v) is 0.348. The Morgan fingerprint density at radius 2 is 2.20 bits per heavy atom. The zero-order chi connectivity index (χ0) is 8.15. The highest BCUT2D eigenvalue weighted by atomic mass is 35.5. The van der Waals surface area contributed by atoms with Crippen LogP contribution in [0.3, 0.4) is 0 Å². The van der Waals surface area contributed by atoms with Crippen molar-refractivity contribution >= 4 is 22.7 Å². The molecule has 0 amide bonds. The molecule has 0 aliphatic rings. The summed E-state index contributed by atoms with van der Waals surface area (Å²) in [5, 5.41) is 9.86. The molecule has 0 saturated heterocycles. The lowest BCUT2D eigenvalue weighted by Crippen LogP contribution is -2.16. The molecule has 0 bridgehead atoms. The van der Waals surface area contributed by atoms with Crippen molar-refractivity contribution in [2.75, 3.05) is 0 Å². The molecule has 0 aromatic heterocycles. The molecule has 0 rings (SSSR count). The standard InChI is InChI=1S/C5H8ClNO3/c1-3(2)10-5(8)4(6)7-9/h3,9H,1-2H3. The van der Waals surface area contributed by atoms with E-state index in [-0.39, 0.29) is 6.10 Å². The molecule has 0 unspecified atom stereocenters. The van der Waals surface area contributed by atoms with Gasteiger partial charge in [-0.1, -0.05) is 16.8 Å². The second-order valence-corrected chi connectivity index (χ2v) is 2.20. The number of halogens is 1. The Morgan fingerprint density at radius 3 is 2.50 bits per heavy atom. The summed E-state index contributed by atoms with van der Waals surface area (Å²) in [5.41, 5.74) is 0. The van der Waals surface area contributed by atoms with Gasteiger partial charge >= 0.3 is 5.97 Å². The molecular weight excluding hydrogens is 158 g/mol. The van der Waals surface area contributed by atoms with E-state index in [1.807, 2.05) is 0 Å². The molecule has 4 nitrogen and oxygen atoms in total. The third kappa shape index (κ3) is 3.29. The van der Waals surface area contributed by atoms with E-state index in [9.17, 15) is 4.79 Å². The van der Waals surface area contributed by atoms with Crippen LogP contribution in [0.2, 0.25) is 0 Å². The van der Waals surface area contributed by atoms with E-state index >= 15 is 0 Å². The highest BCUT2D eigenvalue weighted by Gasteiger charge is 2.11. The summed E-state index contributed by atoms with van der Waals surface area (Å²) in [6.45, 7) is 3.33. The van der Waals surface area contributed by atoms with E-state index < -0.39 is 11.1 Å². The van der Waals surface area contributed by atoms with Gasteiger partial charge in [-0.15, -0.1) is 0 Å². The molecule has 58 valence electrons. The highest BCUT2D eigenvalue weighted by Crippen LogP contribution is 1.94. The number of carbonyl (C=O) groups is 1. The van der Waals surface area contributed by atoms with Gasteiger partial charge in [-0.3, -0.25) is 0 Å². The number of ether oxygens (including phenoxy) is 1. The van der Waals surface area contributed by atoms with Gasteiger partial charge in [0.2, 0.25) is 0 Å². The van der Waals surface area contributed by atoms with Crippen molar-refractivity contribution in [3.05, 3.63) is 0 Å². The maximum absolute atomic E-state index is 10.5. The largest absolute Gasteiger partial charge is 0.457 e. The minimum atomic E-state index is -0.820. The Bertz CT molecular complexity index is 155. The molecule has 0 atom stereocenters. The van der Waals surface area contributed by atoms with Crippen LogP contribution in [0.1, 0.15) is 13.8 Å². The van der Waals surface area contributed by atoms with Gasteiger partial charge in [0.25, 0.3) is 5.17 Å². The van der Waals surface area contributed by atoms with Gasteiger partial charge in [0.1, 0.15) is 0 Å². The number of oxime groups is 1. The summed E-state index contributed by atoms with van der Waals surface area (Å²) in [6, 6.07) is 0. The Balaban J connectivity index is 3.86. The fraction of sp³-hybridized carbons (Fsp3) is 0.600. The van der Waals surface area contributed by atoms with Crippen LogP contribution in [0, 0.1) is 0 Å². The van der Waals surface area contributed by atoms with Crippen molar-refractivity contribution in [3.63, 3.8) is 0 Å². The first-order chi connectivity index (χ1) is 4.57. The van der Waals surface area contributed by atoms with E-state index in [0.29, 0.717) is 0 Å². The van der Waals surface area contributed by atoms with Crippen LogP contribution in [0.15, 0.2) is 5.16 Å². The van der Waals surface area contributed by atoms with E-state index in [0.717, 1.165) is 0 Å². The maximum atomic E-state index is 10.5. The zero-order valence-corrected chi connectivity index (χ0v) is 6.42. The fourth-order valence-electron chi connectivity index (χ4n) is 0.304. The maximum Gasteiger partial charge on any atom is 0.372 e. The van der Waals surface area contributed by atoms with E-state index in [4.69, 9.17) is 16.8 Å². The summed E-state index contributed by atoms with van der Waals surface area (Å²) < 4.78 is 4.54. The summed E-state index contributed by atoms with van der Waals surface area (Å²) in [6.07, 6.45) is -0.261. The normalized spacial score (nSPS) is 11.8. The van der Waals surface area contributed by atoms with Gasteiger partial charge in [0.15, 0.2) is 0 Å². The van der Waals surface area contributed by atoms with Gasteiger partial charge in [-0.25, -0.2) is 4.79 Å². The molecule has 0 saturated carbocycles. The lowest BCUT2D eigenvalue weighted by molar-refractivity contribution is -0.138. The van der Waals surface area contributed by atoms with Crippen LogP contribution in [0.25, 0.3) is 0 Å². The summed E-state index contributed by atoms with van der Waals surface area (Å²) in [4.78, 5) is 10.5. The lowest BCUT2D eigenvalue weighted by Gasteiger charge is -2.04. The Labute approximate surface area is 63.4 Å². The number of rotatable bonds is 2.